The first kappa shape index (κ1) is 24.5. The molecule has 0 nitrogen and oxygen atoms in total. The van der Waals surface area contributed by atoms with Gasteiger partial charge in [-0.05, 0) is 6.92 Å². The quantitative estimate of drug-likeness (QED) is 0.490. The molecule has 23 heavy (non-hydrogen) atoms. The molecule has 0 N–H and O–H groups in total. The molecule has 0 aromatic heterocycles. The maximum Gasteiger partial charge on any atom is 0.397 e. The zero-order chi connectivity index (χ0) is 19.4. The second-order valence-electron chi connectivity index (χ2n) is 5.04. The van der Waals surface area contributed by atoms with E-state index in [1.54, 1.807) is 0 Å². The van der Waals surface area contributed by atoms with E-state index in [1.165, 1.54) is 0 Å². The highest BCUT2D eigenvalue weighted by atomic mass is 19.4. The first-order valence-corrected chi connectivity index (χ1v) is 6.36. The molecule has 11 heteroatoms. The van der Waals surface area contributed by atoms with Crippen LogP contribution in [0.15, 0.2) is 0 Å². The fourth-order valence-corrected chi connectivity index (χ4v) is 1.11. The Balaban J connectivity index is 0. The Bertz CT molecular complexity index is 318. The van der Waals surface area contributed by atoms with Gasteiger partial charge in [0.1, 0.15) is 5.92 Å². The molecule has 0 aliphatic heterocycles. The Morgan fingerprint density at radius 2 is 0.826 bits per heavy atom. The molecule has 0 radical (unpaired) electrons. The highest BCUT2D eigenvalue weighted by molar-refractivity contribution is 4.77. The maximum absolute atomic E-state index is 12.3. The van der Waals surface area contributed by atoms with Crippen LogP contribution in [-0.4, -0.2) is 24.5 Å². The summed E-state index contributed by atoms with van der Waals surface area (Å²) >= 11 is 0. The van der Waals surface area contributed by atoms with Crippen LogP contribution in [0.5, 0.6) is 0 Å². The second-order valence-corrected chi connectivity index (χ2v) is 5.04. The van der Waals surface area contributed by atoms with Crippen molar-refractivity contribution in [2.75, 3.05) is 0 Å². The van der Waals surface area contributed by atoms with Crippen LogP contribution >= 0.6 is 0 Å². The molecule has 0 aliphatic carbocycles. The average Bonchev–Trinajstić information content (AvgIpc) is 2.33. The predicted molar refractivity (Wildman–Crippen MR) is 60.9 cm³/mol. The Morgan fingerprint density at radius 1 is 0.565 bits per heavy atom. The van der Waals surface area contributed by atoms with E-state index < -0.39 is 48.6 Å². The van der Waals surface area contributed by atoms with Crippen molar-refractivity contribution in [3.8, 4) is 0 Å². The summed E-state index contributed by atoms with van der Waals surface area (Å²) in [7, 11) is 0. The molecule has 0 saturated heterocycles. The van der Waals surface area contributed by atoms with Gasteiger partial charge < -0.3 is 0 Å². The van der Waals surface area contributed by atoms with Gasteiger partial charge in [-0.1, -0.05) is 20.8 Å². The van der Waals surface area contributed by atoms with Crippen LogP contribution in [0.25, 0.3) is 0 Å². The van der Waals surface area contributed by atoms with Crippen molar-refractivity contribution in [3.05, 3.63) is 0 Å². The van der Waals surface area contributed by atoms with E-state index in [0.717, 1.165) is 6.92 Å². The second kappa shape index (κ2) is 7.87. The van der Waals surface area contributed by atoms with Crippen LogP contribution in [0.4, 0.5) is 48.3 Å². The molecule has 3 atom stereocenters. The van der Waals surface area contributed by atoms with Crippen LogP contribution in [0.2, 0.25) is 0 Å². The van der Waals surface area contributed by atoms with E-state index in [4.69, 9.17) is 0 Å². The summed E-state index contributed by atoms with van der Waals surface area (Å²) in [5, 5.41) is 0. The van der Waals surface area contributed by atoms with E-state index in [1.807, 2.05) is 0 Å². The fourth-order valence-electron chi connectivity index (χ4n) is 1.11. The topological polar surface area (TPSA) is 0 Å². The Labute approximate surface area is 126 Å². The van der Waals surface area contributed by atoms with Gasteiger partial charge in [-0.3, -0.25) is 0 Å². The largest absolute Gasteiger partial charge is 0.397 e. The minimum atomic E-state index is -4.81. The third-order valence-corrected chi connectivity index (χ3v) is 3.38. The molecule has 0 bridgehead atoms. The number of hydrogen-bond acceptors (Lipinski definition) is 0. The van der Waals surface area contributed by atoms with Crippen LogP contribution < -0.4 is 0 Å². The van der Waals surface area contributed by atoms with E-state index in [0.29, 0.717) is 20.8 Å². The Hall–Kier alpha value is -0.770. The molecule has 0 rings (SSSR count). The molecule has 0 aromatic carbocycles. The predicted octanol–water partition coefficient (Wildman–Crippen LogP) is 6.61. The molecule has 0 fully saturated rings. The standard InChI is InChI=1S/C6H8F6.C6H9F5/c1-3(5(7,8)9)4(2)6(10,11)12;1-3-5(7,8)4(2)6(9,10)11/h3-4H,1-2H3;4H,3H2,1-2H3. The minimum absolute atomic E-state index is 0.490. The van der Waals surface area contributed by atoms with E-state index in [-0.39, 0.29) is 0 Å². The summed E-state index contributed by atoms with van der Waals surface area (Å²) < 4.78 is 130. The summed E-state index contributed by atoms with van der Waals surface area (Å²) in [5.74, 6) is -10.9. The highest BCUT2D eigenvalue weighted by Crippen LogP contribution is 2.40. The molecular weight excluding hydrogens is 353 g/mol. The zero-order valence-electron chi connectivity index (χ0n) is 12.6. The monoisotopic (exact) mass is 370 g/mol. The summed E-state index contributed by atoms with van der Waals surface area (Å²) in [6.45, 7) is 2.57. The summed E-state index contributed by atoms with van der Waals surface area (Å²) in [6, 6.07) is 0. The van der Waals surface area contributed by atoms with Crippen molar-refractivity contribution in [1.82, 2.24) is 0 Å². The van der Waals surface area contributed by atoms with Gasteiger partial charge in [-0.2, -0.15) is 39.5 Å². The Morgan fingerprint density at radius 3 is 0.913 bits per heavy atom. The molecule has 0 aromatic rings. The lowest BCUT2D eigenvalue weighted by Gasteiger charge is -2.24. The van der Waals surface area contributed by atoms with Crippen molar-refractivity contribution in [1.29, 1.82) is 0 Å². The molecular formula is C12H17F11. The first-order valence-electron chi connectivity index (χ1n) is 6.36. The number of rotatable bonds is 3. The summed E-state index contributed by atoms with van der Waals surface area (Å²) in [4.78, 5) is 0. The lowest BCUT2D eigenvalue weighted by Crippen LogP contribution is -2.36. The SMILES string of the molecule is CC(C(C)C(F)(F)F)C(F)(F)F.CCC(F)(F)C(C)C(F)(F)F. The van der Waals surface area contributed by atoms with Crippen LogP contribution in [0.1, 0.15) is 34.1 Å². The van der Waals surface area contributed by atoms with Crippen molar-refractivity contribution < 1.29 is 48.3 Å². The number of alkyl halides is 11. The summed E-state index contributed by atoms with van der Waals surface area (Å²) in [6.07, 6.45) is -15.2. The zero-order valence-corrected chi connectivity index (χ0v) is 12.6. The van der Waals surface area contributed by atoms with Gasteiger partial charge in [0.2, 0.25) is 0 Å². The lowest BCUT2D eigenvalue weighted by atomic mass is 9.95. The fraction of sp³-hybridized carbons (Fsp3) is 1.00. The minimum Gasteiger partial charge on any atom is -0.206 e. The van der Waals surface area contributed by atoms with E-state index in [9.17, 15) is 48.3 Å². The molecule has 0 spiro atoms. The van der Waals surface area contributed by atoms with Gasteiger partial charge in [-0.15, -0.1) is 0 Å². The number of halogens is 11. The van der Waals surface area contributed by atoms with Crippen molar-refractivity contribution in [3.63, 3.8) is 0 Å². The van der Waals surface area contributed by atoms with Gasteiger partial charge in [-0.25, -0.2) is 8.78 Å². The smallest absolute Gasteiger partial charge is 0.206 e. The van der Waals surface area contributed by atoms with E-state index in [2.05, 4.69) is 0 Å². The van der Waals surface area contributed by atoms with Gasteiger partial charge >= 0.3 is 18.5 Å². The molecule has 0 aliphatic rings. The lowest BCUT2D eigenvalue weighted by molar-refractivity contribution is -0.245. The molecule has 0 saturated carbocycles. The Kier molecular flexibility index (Phi) is 8.38. The third kappa shape index (κ3) is 8.59. The molecule has 3 unspecified atom stereocenters. The van der Waals surface area contributed by atoms with Crippen molar-refractivity contribution in [2.24, 2.45) is 17.8 Å². The molecule has 142 valence electrons. The van der Waals surface area contributed by atoms with Crippen molar-refractivity contribution in [2.45, 2.75) is 58.6 Å². The molecule has 0 heterocycles. The third-order valence-electron chi connectivity index (χ3n) is 3.38. The van der Waals surface area contributed by atoms with Crippen LogP contribution in [0, 0.1) is 17.8 Å². The number of hydrogen-bond donors (Lipinski definition) is 0. The van der Waals surface area contributed by atoms with Gasteiger partial charge in [0, 0.05) is 6.42 Å². The van der Waals surface area contributed by atoms with Crippen LogP contribution in [-0.2, 0) is 0 Å². The maximum atomic E-state index is 12.3. The van der Waals surface area contributed by atoms with Crippen molar-refractivity contribution >= 4 is 0 Å². The highest BCUT2D eigenvalue weighted by Gasteiger charge is 2.51. The van der Waals surface area contributed by atoms with Gasteiger partial charge in [0.05, 0.1) is 11.8 Å². The normalized spacial score (nSPS) is 17.9. The van der Waals surface area contributed by atoms with Gasteiger partial charge in [0.15, 0.2) is 0 Å². The van der Waals surface area contributed by atoms with Gasteiger partial charge in [0.25, 0.3) is 5.92 Å². The van der Waals surface area contributed by atoms with Crippen LogP contribution in [0.3, 0.4) is 0 Å². The summed E-state index contributed by atoms with van der Waals surface area (Å²) in [5.41, 5.74) is 0. The first-order chi connectivity index (χ1) is 9.78. The average molecular weight is 370 g/mol. The molecule has 0 amide bonds. The van der Waals surface area contributed by atoms with E-state index >= 15 is 0 Å².